The summed E-state index contributed by atoms with van der Waals surface area (Å²) in [6.07, 6.45) is 0.810. The Kier molecular flexibility index (Phi) is 8.57. The molecular weight excluding hydrogens is 347 g/mol. The maximum Gasteiger partial charge on any atom is 0.449 e. The first kappa shape index (κ1) is 18.3. The summed E-state index contributed by atoms with van der Waals surface area (Å²) < 4.78 is 15.1. The van der Waals surface area contributed by atoms with Gasteiger partial charge in [-0.25, -0.2) is 13.3 Å². The molecule has 0 saturated carbocycles. The standard InChI is InChI=1S/C7H11Cl3N2O4S2/c1-5(17-3)11-16-6(13)12(2)18(14)15-4-7(8,9)10/h4H2,1-3H3. The number of amides is 1. The number of oxime groups is 1. The topological polar surface area (TPSA) is 68.2 Å². The second-order valence-corrected chi connectivity index (χ2v) is 7.50. The number of halogens is 3. The number of hydrogen-bond donors (Lipinski definition) is 0. The van der Waals surface area contributed by atoms with E-state index in [1.807, 2.05) is 0 Å². The summed E-state index contributed by atoms with van der Waals surface area (Å²) in [6.45, 7) is 1.21. The third kappa shape index (κ3) is 8.39. The van der Waals surface area contributed by atoms with Gasteiger partial charge in [0.1, 0.15) is 11.7 Å². The lowest BCUT2D eigenvalue weighted by atomic mass is 10.9. The van der Waals surface area contributed by atoms with Crippen LogP contribution in [-0.4, -0.2) is 43.4 Å². The second-order valence-electron chi connectivity index (χ2n) is 2.76. The normalized spacial score (nSPS) is 14.2. The highest BCUT2D eigenvalue weighted by Crippen LogP contribution is 2.26. The van der Waals surface area contributed by atoms with E-state index >= 15 is 0 Å². The van der Waals surface area contributed by atoms with Crippen molar-refractivity contribution in [1.82, 2.24) is 4.31 Å². The summed E-state index contributed by atoms with van der Waals surface area (Å²) in [7, 11) is 1.20. The van der Waals surface area contributed by atoms with Crippen LogP contribution in [0.2, 0.25) is 0 Å². The Balaban J connectivity index is 4.25. The summed E-state index contributed by atoms with van der Waals surface area (Å²) in [5.41, 5.74) is 0. The smallest absolute Gasteiger partial charge is 0.296 e. The number of hydrogen-bond acceptors (Lipinski definition) is 6. The molecule has 0 bridgehead atoms. The maximum absolute atomic E-state index is 11.4. The molecule has 6 nitrogen and oxygen atoms in total. The average Bonchev–Trinajstić information content (AvgIpc) is 2.30. The van der Waals surface area contributed by atoms with Gasteiger partial charge in [-0.3, -0.25) is 9.02 Å². The molecule has 0 rings (SSSR count). The van der Waals surface area contributed by atoms with E-state index in [2.05, 4.69) is 14.2 Å². The van der Waals surface area contributed by atoms with E-state index in [1.54, 1.807) is 13.2 Å². The first-order chi connectivity index (χ1) is 8.17. The average molecular weight is 358 g/mol. The van der Waals surface area contributed by atoms with Gasteiger partial charge in [0, 0.05) is 7.05 Å². The van der Waals surface area contributed by atoms with Gasteiger partial charge in [0.2, 0.25) is 3.79 Å². The lowest BCUT2D eigenvalue weighted by Crippen LogP contribution is -2.31. The number of alkyl halides is 3. The highest BCUT2D eigenvalue weighted by Gasteiger charge is 2.25. The molecule has 0 aliphatic rings. The van der Waals surface area contributed by atoms with E-state index in [9.17, 15) is 9.00 Å². The molecule has 0 radical (unpaired) electrons. The van der Waals surface area contributed by atoms with E-state index in [0.717, 1.165) is 0 Å². The number of carbonyl (C=O) groups excluding carboxylic acids is 1. The van der Waals surface area contributed by atoms with E-state index in [1.165, 1.54) is 18.8 Å². The van der Waals surface area contributed by atoms with Crippen molar-refractivity contribution in [2.75, 3.05) is 19.9 Å². The molecule has 0 saturated heterocycles. The van der Waals surface area contributed by atoms with Crippen molar-refractivity contribution >= 4 is 69.0 Å². The number of carbonyl (C=O) groups is 1. The number of nitrogens with zero attached hydrogens (tertiary/aromatic N) is 2. The SMILES string of the molecule is CSC(C)=NOC(=O)N(C)S(=O)OCC(Cl)(Cl)Cl. The first-order valence-corrected chi connectivity index (χ1v) is 7.71. The molecule has 0 aromatic carbocycles. The first-order valence-electron chi connectivity index (χ1n) is 4.32. The fourth-order valence-electron chi connectivity index (χ4n) is 0.455. The van der Waals surface area contributed by atoms with Crippen LogP contribution in [0.3, 0.4) is 0 Å². The van der Waals surface area contributed by atoms with Crippen molar-refractivity contribution in [3.05, 3.63) is 0 Å². The van der Waals surface area contributed by atoms with Crippen molar-refractivity contribution in [3.8, 4) is 0 Å². The third-order valence-electron chi connectivity index (χ3n) is 1.35. The Morgan fingerprint density at radius 3 is 2.50 bits per heavy atom. The Labute approximate surface area is 127 Å². The van der Waals surface area contributed by atoms with Gasteiger partial charge in [0.25, 0.3) is 11.3 Å². The van der Waals surface area contributed by atoms with Crippen LogP contribution >= 0.6 is 46.6 Å². The molecule has 0 fully saturated rings. The Morgan fingerprint density at radius 1 is 1.50 bits per heavy atom. The molecule has 0 N–H and O–H groups in total. The van der Waals surface area contributed by atoms with E-state index in [-0.39, 0.29) is 0 Å². The van der Waals surface area contributed by atoms with Crippen molar-refractivity contribution in [2.24, 2.45) is 5.16 Å². The summed E-state index contributed by atoms with van der Waals surface area (Å²) in [6, 6.07) is 0. The monoisotopic (exact) mass is 356 g/mol. The molecule has 1 atom stereocenters. The summed E-state index contributed by atoms with van der Waals surface area (Å²) in [5, 5.41) is 4.01. The third-order valence-corrected chi connectivity index (χ3v) is 3.26. The fraction of sp³-hybridized carbons (Fsp3) is 0.714. The highest BCUT2D eigenvalue weighted by molar-refractivity contribution is 8.13. The van der Waals surface area contributed by atoms with Gasteiger partial charge in [-0.1, -0.05) is 40.0 Å². The zero-order valence-corrected chi connectivity index (χ0v) is 13.6. The largest absolute Gasteiger partial charge is 0.449 e. The molecular formula is C7H11Cl3N2O4S2. The number of thioether (sulfide) groups is 1. The van der Waals surface area contributed by atoms with Crippen LogP contribution in [0.15, 0.2) is 5.16 Å². The van der Waals surface area contributed by atoms with Crippen LogP contribution in [0, 0.1) is 0 Å². The lowest BCUT2D eigenvalue weighted by Gasteiger charge is -2.15. The minimum absolute atomic E-state index is 0.436. The molecule has 0 aliphatic heterocycles. The van der Waals surface area contributed by atoms with E-state index < -0.39 is 27.8 Å². The zero-order valence-electron chi connectivity index (χ0n) is 9.68. The van der Waals surface area contributed by atoms with Gasteiger partial charge >= 0.3 is 6.09 Å². The molecule has 1 unspecified atom stereocenters. The molecule has 106 valence electrons. The van der Waals surface area contributed by atoms with Crippen LogP contribution in [0.5, 0.6) is 0 Å². The predicted octanol–water partition coefficient (Wildman–Crippen LogP) is 2.72. The molecule has 0 aromatic rings. The highest BCUT2D eigenvalue weighted by atomic mass is 35.6. The lowest BCUT2D eigenvalue weighted by molar-refractivity contribution is 0.133. The van der Waals surface area contributed by atoms with Crippen LogP contribution in [0.1, 0.15) is 6.92 Å². The fourth-order valence-corrected chi connectivity index (χ4v) is 1.52. The molecule has 18 heavy (non-hydrogen) atoms. The molecule has 11 heteroatoms. The molecule has 0 spiro atoms. The van der Waals surface area contributed by atoms with E-state index in [0.29, 0.717) is 9.35 Å². The van der Waals surface area contributed by atoms with Crippen LogP contribution in [-0.2, 0) is 20.3 Å². The molecule has 0 aromatic heterocycles. The molecule has 0 heterocycles. The van der Waals surface area contributed by atoms with E-state index in [4.69, 9.17) is 34.8 Å². The van der Waals surface area contributed by atoms with Gasteiger partial charge in [0.05, 0.1) is 0 Å². The van der Waals surface area contributed by atoms with Gasteiger partial charge in [-0.05, 0) is 13.2 Å². The summed E-state index contributed by atoms with van der Waals surface area (Å²) in [5.74, 6) is 0. The van der Waals surface area contributed by atoms with Crippen molar-refractivity contribution in [3.63, 3.8) is 0 Å². The minimum atomic E-state index is -2.13. The van der Waals surface area contributed by atoms with Crippen molar-refractivity contribution in [2.45, 2.75) is 10.7 Å². The van der Waals surface area contributed by atoms with Crippen LogP contribution in [0.4, 0.5) is 4.79 Å². The van der Waals surface area contributed by atoms with Crippen molar-refractivity contribution < 1.29 is 18.0 Å². The predicted molar refractivity (Wildman–Crippen MR) is 75.3 cm³/mol. The van der Waals surface area contributed by atoms with Crippen LogP contribution < -0.4 is 0 Å². The maximum atomic E-state index is 11.4. The number of rotatable bonds is 4. The molecule has 0 aliphatic carbocycles. The minimum Gasteiger partial charge on any atom is -0.296 e. The van der Waals surface area contributed by atoms with Gasteiger partial charge in [0.15, 0.2) is 0 Å². The Morgan fingerprint density at radius 2 is 2.06 bits per heavy atom. The van der Waals surface area contributed by atoms with Gasteiger partial charge in [-0.15, -0.1) is 11.8 Å². The van der Waals surface area contributed by atoms with Gasteiger partial charge < -0.3 is 0 Å². The van der Waals surface area contributed by atoms with Gasteiger partial charge in [-0.2, -0.15) is 0 Å². The summed E-state index contributed by atoms with van der Waals surface area (Å²) in [4.78, 5) is 15.8. The summed E-state index contributed by atoms with van der Waals surface area (Å²) >= 11 is 15.4. The quantitative estimate of drug-likeness (QED) is 0.254. The Bertz CT molecular complexity index is 348. The van der Waals surface area contributed by atoms with Crippen molar-refractivity contribution in [1.29, 1.82) is 0 Å². The zero-order chi connectivity index (χ0) is 14.3. The molecule has 1 amide bonds. The second kappa shape index (κ2) is 8.44. The van der Waals surface area contributed by atoms with Crippen LogP contribution in [0.25, 0.3) is 0 Å². The Hall–Kier alpha value is 0.270.